The van der Waals surface area contributed by atoms with Crippen molar-refractivity contribution in [2.45, 2.75) is 128 Å². The Bertz CT molecular complexity index is 873. The Balaban J connectivity index is 1.37. The number of hydrogen-bond acceptors (Lipinski definition) is 3. The molecule has 2 aliphatic carbocycles. The highest BCUT2D eigenvalue weighted by Crippen LogP contribution is 2.44. The van der Waals surface area contributed by atoms with E-state index in [2.05, 4.69) is 38.0 Å². The van der Waals surface area contributed by atoms with Gasteiger partial charge in [0.1, 0.15) is 13.8 Å². The van der Waals surface area contributed by atoms with Crippen LogP contribution in [0, 0.1) is 35.1 Å². The average Bonchev–Trinajstić information content (AvgIpc) is 2.89. The van der Waals surface area contributed by atoms with E-state index in [0.29, 0.717) is 5.92 Å². The highest BCUT2D eigenvalue weighted by molar-refractivity contribution is 6.83. The van der Waals surface area contributed by atoms with E-state index < -0.39 is 13.7 Å². The molecule has 0 spiro atoms. The van der Waals surface area contributed by atoms with Crippen LogP contribution < -0.4 is 4.74 Å². The number of aliphatic hydroxyl groups is 1. The quantitative estimate of drug-likeness (QED) is 0.274. The molecule has 4 heteroatoms. The van der Waals surface area contributed by atoms with Crippen molar-refractivity contribution in [1.82, 2.24) is 0 Å². The molecule has 206 valence electrons. The topological polar surface area (TPSA) is 38.7 Å². The van der Waals surface area contributed by atoms with Crippen LogP contribution in [0.25, 0.3) is 0 Å². The van der Waals surface area contributed by atoms with Crippen LogP contribution >= 0.6 is 0 Å². The molecule has 2 atom stereocenters. The first-order valence-corrected chi connectivity index (χ1v) is 18.9. The van der Waals surface area contributed by atoms with Crippen molar-refractivity contribution >= 4 is 8.07 Å². The molecule has 1 aromatic carbocycles. The Morgan fingerprint density at radius 2 is 1.51 bits per heavy atom. The van der Waals surface area contributed by atoms with Crippen molar-refractivity contribution in [2.24, 2.45) is 23.7 Å². The first kappa shape index (κ1) is 28.7. The van der Waals surface area contributed by atoms with E-state index >= 15 is 0 Å². The van der Waals surface area contributed by atoms with Gasteiger partial charge in [-0.1, -0.05) is 83.1 Å². The van der Waals surface area contributed by atoms with Gasteiger partial charge in [-0.25, -0.2) is 0 Å². The van der Waals surface area contributed by atoms with Crippen LogP contribution in [0.3, 0.4) is 0 Å². The minimum absolute atomic E-state index is 0.151. The standard InChI is InChI=1S/C33H52O3Si/c1-5-8-26-10-14-28(15-11-26)29-16-12-27(13-17-29)25-33(34,22-24-37(2,3)4)30-18-20-31(21-19-30)36-32-9-6-7-23-35-32/h18-21,26-29,32,34H,5-17,23,25H2,1-4H3. The maximum Gasteiger partial charge on any atom is 0.199 e. The second-order valence-corrected chi connectivity index (χ2v) is 18.1. The fraction of sp³-hybridized carbons (Fsp3) is 0.758. The molecule has 1 heterocycles. The zero-order chi connectivity index (χ0) is 26.3. The SMILES string of the molecule is CCCC1CCC(C2CCC(CC(O)(C#C[Si](C)(C)C)c3ccc(OC4CCCCO4)cc3)CC2)CC1. The van der Waals surface area contributed by atoms with Crippen LogP contribution in [-0.4, -0.2) is 26.1 Å². The Morgan fingerprint density at radius 1 is 0.892 bits per heavy atom. The predicted octanol–water partition coefficient (Wildman–Crippen LogP) is 8.46. The van der Waals surface area contributed by atoms with E-state index in [0.717, 1.165) is 61.4 Å². The average molecular weight is 525 g/mol. The van der Waals surface area contributed by atoms with Crippen LogP contribution in [0.5, 0.6) is 5.75 Å². The Labute approximate surface area is 228 Å². The van der Waals surface area contributed by atoms with Gasteiger partial charge in [-0.3, -0.25) is 0 Å². The molecule has 0 bridgehead atoms. The second-order valence-electron chi connectivity index (χ2n) is 13.4. The van der Waals surface area contributed by atoms with Gasteiger partial charge in [-0.05, 0) is 86.3 Å². The largest absolute Gasteiger partial charge is 0.465 e. The van der Waals surface area contributed by atoms with E-state index in [4.69, 9.17) is 9.47 Å². The maximum absolute atomic E-state index is 12.0. The van der Waals surface area contributed by atoms with E-state index in [-0.39, 0.29) is 6.29 Å². The number of ether oxygens (including phenoxy) is 2. The van der Waals surface area contributed by atoms with Gasteiger partial charge in [0.2, 0.25) is 0 Å². The maximum atomic E-state index is 12.0. The zero-order valence-corrected chi connectivity index (χ0v) is 25.1. The van der Waals surface area contributed by atoms with Crippen molar-refractivity contribution in [3.8, 4) is 17.2 Å². The molecule has 1 saturated heterocycles. The van der Waals surface area contributed by atoms with Crippen LogP contribution in [0.2, 0.25) is 19.6 Å². The summed E-state index contributed by atoms with van der Waals surface area (Å²) < 4.78 is 11.8. The molecule has 3 fully saturated rings. The summed E-state index contributed by atoms with van der Waals surface area (Å²) in [5.74, 6) is 7.58. The lowest BCUT2D eigenvalue weighted by molar-refractivity contribution is -0.105. The Kier molecular flexibility index (Phi) is 10.2. The molecule has 1 N–H and O–H groups in total. The molecule has 0 radical (unpaired) electrons. The number of rotatable bonds is 8. The predicted molar refractivity (Wildman–Crippen MR) is 156 cm³/mol. The number of benzene rings is 1. The van der Waals surface area contributed by atoms with Gasteiger partial charge < -0.3 is 14.6 Å². The smallest absolute Gasteiger partial charge is 0.199 e. The lowest BCUT2D eigenvalue weighted by Crippen LogP contribution is -2.32. The first-order valence-electron chi connectivity index (χ1n) is 15.4. The monoisotopic (exact) mass is 524 g/mol. The van der Waals surface area contributed by atoms with E-state index in [1.165, 1.54) is 64.2 Å². The molecule has 2 unspecified atom stereocenters. The van der Waals surface area contributed by atoms with Crippen LogP contribution in [0.15, 0.2) is 24.3 Å². The molecule has 37 heavy (non-hydrogen) atoms. The lowest BCUT2D eigenvalue weighted by atomic mass is 9.67. The van der Waals surface area contributed by atoms with Crippen LogP contribution in [0.1, 0.15) is 102 Å². The number of hydrogen-bond donors (Lipinski definition) is 1. The third kappa shape index (κ3) is 8.60. The van der Waals surface area contributed by atoms with Crippen molar-refractivity contribution in [3.05, 3.63) is 29.8 Å². The summed E-state index contributed by atoms with van der Waals surface area (Å²) in [6, 6.07) is 8.02. The molecule has 0 amide bonds. The van der Waals surface area contributed by atoms with Crippen LogP contribution in [0.4, 0.5) is 0 Å². The third-order valence-corrected chi connectivity index (χ3v) is 9.99. The summed E-state index contributed by atoms with van der Waals surface area (Å²) in [5.41, 5.74) is 3.31. The second kappa shape index (κ2) is 13.2. The lowest BCUT2D eigenvalue weighted by Gasteiger charge is -2.39. The van der Waals surface area contributed by atoms with Gasteiger partial charge in [0.25, 0.3) is 0 Å². The van der Waals surface area contributed by atoms with Crippen molar-refractivity contribution < 1.29 is 14.6 Å². The molecule has 0 aromatic heterocycles. The van der Waals surface area contributed by atoms with Gasteiger partial charge in [0.05, 0.1) is 6.61 Å². The summed E-state index contributed by atoms with van der Waals surface area (Å²) in [6.45, 7) is 9.86. The highest BCUT2D eigenvalue weighted by atomic mass is 28.3. The minimum Gasteiger partial charge on any atom is -0.465 e. The van der Waals surface area contributed by atoms with E-state index in [9.17, 15) is 5.11 Å². The van der Waals surface area contributed by atoms with Gasteiger partial charge in [0.15, 0.2) is 11.9 Å². The Morgan fingerprint density at radius 3 is 2.05 bits per heavy atom. The Hall–Kier alpha value is -1.28. The van der Waals surface area contributed by atoms with Crippen molar-refractivity contribution in [2.75, 3.05) is 6.61 Å². The molecular weight excluding hydrogens is 472 g/mol. The first-order chi connectivity index (χ1) is 17.7. The molecule has 2 saturated carbocycles. The summed E-state index contributed by atoms with van der Waals surface area (Å²) in [5, 5.41) is 12.0. The van der Waals surface area contributed by atoms with Gasteiger partial charge in [-0.15, -0.1) is 5.54 Å². The molecule has 4 rings (SSSR count). The summed E-state index contributed by atoms with van der Waals surface area (Å²) in [4.78, 5) is 0. The molecule has 1 aromatic rings. The van der Waals surface area contributed by atoms with Gasteiger partial charge in [0, 0.05) is 6.42 Å². The normalized spacial score (nSPS) is 30.6. The van der Waals surface area contributed by atoms with Gasteiger partial charge in [-0.2, -0.15) is 0 Å². The minimum atomic E-state index is -1.61. The third-order valence-electron chi connectivity index (χ3n) is 9.11. The van der Waals surface area contributed by atoms with Crippen LogP contribution in [-0.2, 0) is 10.3 Å². The van der Waals surface area contributed by atoms with E-state index in [1.807, 2.05) is 24.3 Å². The van der Waals surface area contributed by atoms with Crippen molar-refractivity contribution in [3.63, 3.8) is 0 Å². The summed E-state index contributed by atoms with van der Waals surface area (Å²) in [7, 11) is -1.61. The molecule has 3 aliphatic rings. The fourth-order valence-electron chi connectivity index (χ4n) is 6.94. The highest BCUT2D eigenvalue weighted by Gasteiger charge is 2.36. The molecule has 1 aliphatic heterocycles. The zero-order valence-electron chi connectivity index (χ0n) is 24.1. The summed E-state index contributed by atoms with van der Waals surface area (Å²) >= 11 is 0. The van der Waals surface area contributed by atoms with Gasteiger partial charge >= 0.3 is 0 Å². The fourth-order valence-corrected chi connectivity index (χ4v) is 7.52. The molecule has 3 nitrogen and oxygen atoms in total. The molecular formula is C33H52O3Si. The van der Waals surface area contributed by atoms with E-state index in [1.54, 1.807) is 0 Å². The summed E-state index contributed by atoms with van der Waals surface area (Å²) in [6.07, 6.45) is 17.5. The van der Waals surface area contributed by atoms with Crippen molar-refractivity contribution in [1.29, 1.82) is 0 Å².